The molecule has 1 aromatic carbocycles. The summed E-state index contributed by atoms with van der Waals surface area (Å²) in [5.74, 6) is 0.493. The maximum absolute atomic E-state index is 13.1. The molecule has 1 amide bonds. The van der Waals surface area contributed by atoms with E-state index in [0.29, 0.717) is 24.8 Å². The third-order valence-corrected chi connectivity index (χ3v) is 3.99. The zero-order valence-corrected chi connectivity index (χ0v) is 13.8. The van der Waals surface area contributed by atoms with Gasteiger partial charge in [0.05, 0.1) is 0 Å². The van der Waals surface area contributed by atoms with Gasteiger partial charge in [0.25, 0.3) is 5.91 Å². The summed E-state index contributed by atoms with van der Waals surface area (Å²) >= 11 is 0. The molecule has 0 aromatic heterocycles. The third kappa shape index (κ3) is 4.58. The summed E-state index contributed by atoms with van der Waals surface area (Å²) in [6.07, 6.45) is 1.26. The molecule has 1 saturated heterocycles. The summed E-state index contributed by atoms with van der Waals surface area (Å²) in [6, 6.07) is 5.90. The number of hydrogen-bond donors (Lipinski definition) is 1. The highest BCUT2D eigenvalue weighted by atomic mass is 35.5. The second-order valence-corrected chi connectivity index (χ2v) is 5.77. The predicted molar refractivity (Wildman–Crippen MR) is 86.7 cm³/mol. The van der Waals surface area contributed by atoms with Gasteiger partial charge in [-0.3, -0.25) is 4.79 Å². The van der Waals surface area contributed by atoms with Crippen LogP contribution in [-0.2, 0) is 4.79 Å². The van der Waals surface area contributed by atoms with E-state index in [1.807, 2.05) is 4.90 Å². The Morgan fingerprint density at radius 1 is 1.55 bits per heavy atom. The van der Waals surface area contributed by atoms with Gasteiger partial charge < -0.3 is 15.4 Å². The van der Waals surface area contributed by atoms with Gasteiger partial charge in [0, 0.05) is 25.2 Å². The molecule has 1 heterocycles. The summed E-state index contributed by atoms with van der Waals surface area (Å²) in [7, 11) is 0. The lowest BCUT2D eigenvalue weighted by atomic mass is 9.92. The van der Waals surface area contributed by atoms with Crippen molar-refractivity contribution in [3.63, 3.8) is 0 Å². The van der Waals surface area contributed by atoms with Crippen molar-refractivity contribution in [2.45, 2.75) is 38.8 Å². The Hall–Kier alpha value is -1.33. The van der Waals surface area contributed by atoms with Crippen LogP contribution in [0.5, 0.6) is 5.75 Å². The number of nitrogens with two attached hydrogens (primary N) is 1. The number of nitrogens with zero attached hydrogens (tertiary/aromatic N) is 1. The van der Waals surface area contributed by atoms with E-state index in [0.717, 1.165) is 12.8 Å². The number of halogens is 2. The first kappa shape index (κ1) is 18.7. The van der Waals surface area contributed by atoms with Crippen LogP contribution in [0.1, 0.15) is 26.7 Å². The molecule has 2 N–H and O–H groups in total. The Labute approximate surface area is 137 Å². The van der Waals surface area contributed by atoms with Crippen LogP contribution < -0.4 is 10.5 Å². The van der Waals surface area contributed by atoms with Crippen LogP contribution in [-0.4, -0.2) is 36.0 Å². The number of benzene rings is 1. The van der Waals surface area contributed by atoms with Gasteiger partial charge in [-0.15, -0.1) is 12.4 Å². The van der Waals surface area contributed by atoms with E-state index in [9.17, 15) is 9.18 Å². The zero-order valence-electron chi connectivity index (χ0n) is 13.0. The molecule has 124 valence electrons. The second kappa shape index (κ2) is 8.34. The Balaban J connectivity index is 0.00000242. The van der Waals surface area contributed by atoms with Gasteiger partial charge in [-0.25, -0.2) is 4.39 Å². The van der Waals surface area contributed by atoms with E-state index >= 15 is 0 Å². The smallest absolute Gasteiger partial charge is 0.263 e. The fourth-order valence-electron chi connectivity index (χ4n) is 2.79. The molecule has 4 nitrogen and oxygen atoms in total. The first-order valence-electron chi connectivity index (χ1n) is 7.44. The summed E-state index contributed by atoms with van der Waals surface area (Å²) in [6.45, 7) is 5.04. The number of carbonyl (C=O) groups is 1. The first-order valence-corrected chi connectivity index (χ1v) is 7.44. The number of piperidine rings is 1. The standard InChI is InChI=1S/C16H23FN2O2.ClH/c1-11-6-7-19(14(8-11)10-18)16(20)12(2)21-15-5-3-4-13(17)9-15;/h3-5,9,11-12,14H,6-8,10,18H2,1-2H3;1H. The van der Waals surface area contributed by atoms with E-state index in [2.05, 4.69) is 6.92 Å². The van der Waals surface area contributed by atoms with Gasteiger partial charge >= 0.3 is 0 Å². The van der Waals surface area contributed by atoms with Gasteiger partial charge in [-0.05, 0) is 37.8 Å². The molecule has 2 rings (SSSR count). The minimum atomic E-state index is -0.644. The van der Waals surface area contributed by atoms with E-state index < -0.39 is 6.10 Å². The largest absolute Gasteiger partial charge is 0.481 e. The number of likely N-dealkylation sites (tertiary alicyclic amines) is 1. The molecule has 0 radical (unpaired) electrons. The molecular weight excluding hydrogens is 307 g/mol. The van der Waals surface area contributed by atoms with Crippen LogP contribution in [0.25, 0.3) is 0 Å². The van der Waals surface area contributed by atoms with E-state index in [1.165, 1.54) is 12.1 Å². The van der Waals surface area contributed by atoms with Crippen molar-refractivity contribution < 1.29 is 13.9 Å². The Kier molecular flexibility index (Phi) is 7.10. The first-order chi connectivity index (χ1) is 10.0. The van der Waals surface area contributed by atoms with Gasteiger partial charge in [-0.2, -0.15) is 0 Å². The average Bonchev–Trinajstić information content (AvgIpc) is 2.46. The monoisotopic (exact) mass is 330 g/mol. The SMILES string of the molecule is CC1CCN(C(=O)C(C)Oc2cccc(F)c2)C(CN)C1.Cl. The quantitative estimate of drug-likeness (QED) is 0.923. The van der Waals surface area contributed by atoms with Crippen molar-refractivity contribution in [3.8, 4) is 5.75 Å². The molecular formula is C16H24ClFN2O2. The van der Waals surface area contributed by atoms with E-state index in [-0.39, 0.29) is 30.2 Å². The summed E-state index contributed by atoms with van der Waals surface area (Å²) in [5, 5.41) is 0. The number of carbonyl (C=O) groups excluding carboxylic acids is 1. The van der Waals surface area contributed by atoms with Crippen molar-refractivity contribution >= 4 is 18.3 Å². The molecule has 3 atom stereocenters. The van der Waals surface area contributed by atoms with Crippen molar-refractivity contribution in [2.24, 2.45) is 11.7 Å². The normalized spacial score (nSPS) is 22.6. The van der Waals surface area contributed by atoms with E-state index in [4.69, 9.17) is 10.5 Å². The molecule has 6 heteroatoms. The summed E-state index contributed by atoms with van der Waals surface area (Å²) in [5.41, 5.74) is 5.78. The number of rotatable bonds is 4. The maximum Gasteiger partial charge on any atom is 0.263 e. The molecule has 0 aliphatic carbocycles. The van der Waals surface area contributed by atoms with Gasteiger partial charge in [0.1, 0.15) is 11.6 Å². The number of ether oxygens (including phenoxy) is 1. The number of hydrogen-bond acceptors (Lipinski definition) is 3. The average molecular weight is 331 g/mol. The molecule has 1 aromatic rings. The summed E-state index contributed by atoms with van der Waals surface area (Å²) < 4.78 is 18.7. The molecule has 1 fully saturated rings. The maximum atomic E-state index is 13.1. The molecule has 3 unspecified atom stereocenters. The van der Waals surface area contributed by atoms with Gasteiger partial charge in [0.2, 0.25) is 0 Å². The Morgan fingerprint density at radius 3 is 2.91 bits per heavy atom. The molecule has 0 saturated carbocycles. The minimum Gasteiger partial charge on any atom is -0.481 e. The topological polar surface area (TPSA) is 55.6 Å². The minimum absolute atomic E-state index is 0. The predicted octanol–water partition coefficient (Wildman–Crippen LogP) is 2.60. The fourth-order valence-corrected chi connectivity index (χ4v) is 2.79. The molecule has 1 aliphatic heterocycles. The van der Waals surface area contributed by atoms with Gasteiger partial charge in [-0.1, -0.05) is 13.0 Å². The highest BCUT2D eigenvalue weighted by molar-refractivity contribution is 5.85. The molecule has 0 bridgehead atoms. The Bertz CT molecular complexity index is 501. The number of amides is 1. The lowest BCUT2D eigenvalue weighted by molar-refractivity contribution is -0.142. The fraction of sp³-hybridized carbons (Fsp3) is 0.562. The van der Waals surface area contributed by atoms with Gasteiger partial charge in [0.15, 0.2) is 6.10 Å². The molecule has 22 heavy (non-hydrogen) atoms. The van der Waals surface area contributed by atoms with Crippen LogP contribution in [0.3, 0.4) is 0 Å². The van der Waals surface area contributed by atoms with Crippen molar-refractivity contribution in [1.82, 2.24) is 4.90 Å². The Morgan fingerprint density at radius 2 is 2.27 bits per heavy atom. The molecule has 0 spiro atoms. The highest BCUT2D eigenvalue weighted by Crippen LogP contribution is 2.23. The summed E-state index contributed by atoms with van der Waals surface area (Å²) in [4.78, 5) is 14.3. The van der Waals surface area contributed by atoms with Crippen LogP contribution in [0, 0.1) is 11.7 Å². The van der Waals surface area contributed by atoms with Crippen molar-refractivity contribution in [3.05, 3.63) is 30.1 Å². The van der Waals surface area contributed by atoms with Crippen LogP contribution in [0.2, 0.25) is 0 Å². The van der Waals surface area contributed by atoms with Crippen molar-refractivity contribution in [2.75, 3.05) is 13.1 Å². The molecule has 1 aliphatic rings. The highest BCUT2D eigenvalue weighted by Gasteiger charge is 2.32. The van der Waals surface area contributed by atoms with E-state index in [1.54, 1.807) is 19.1 Å². The van der Waals surface area contributed by atoms with Crippen LogP contribution >= 0.6 is 12.4 Å². The third-order valence-electron chi connectivity index (χ3n) is 3.99. The van der Waals surface area contributed by atoms with Crippen molar-refractivity contribution in [1.29, 1.82) is 0 Å². The lowest BCUT2D eigenvalue weighted by Crippen LogP contribution is -2.52. The second-order valence-electron chi connectivity index (χ2n) is 5.77. The van der Waals surface area contributed by atoms with Crippen LogP contribution in [0.15, 0.2) is 24.3 Å². The van der Waals surface area contributed by atoms with Crippen LogP contribution in [0.4, 0.5) is 4.39 Å². The lowest BCUT2D eigenvalue weighted by Gasteiger charge is -2.39. The zero-order chi connectivity index (χ0) is 15.4.